The van der Waals surface area contributed by atoms with E-state index < -0.39 is 6.10 Å². The third kappa shape index (κ3) is 5.17. The minimum Gasteiger partial charge on any atom is -0.391 e. The van der Waals surface area contributed by atoms with Crippen LogP contribution in [-0.4, -0.2) is 23.7 Å². The predicted octanol–water partition coefficient (Wildman–Crippen LogP) is 2.92. The molecule has 1 rings (SSSR count). The van der Waals surface area contributed by atoms with Gasteiger partial charge < -0.3 is 10.4 Å². The molecule has 0 heterocycles. The molecule has 1 unspecified atom stereocenters. The molecular formula is C17H25NO2. The van der Waals surface area contributed by atoms with Gasteiger partial charge in [0.25, 0.3) is 0 Å². The van der Waals surface area contributed by atoms with Crippen molar-refractivity contribution in [1.29, 1.82) is 0 Å². The van der Waals surface area contributed by atoms with E-state index in [1.54, 1.807) is 6.08 Å². The van der Waals surface area contributed by atoms with E-state index in [1.165, 1.54) is 6.08 Å². The zero-order valence-electron chi connectivity index (χ0n) is 12.6. The van der Waals surface area contributed by atoms with Crippen molar-refractivity contribution < 1.29 is 9.90 Å². The number of carbonyl (C=O) groups is 1. The molecule has 0 radical (unpaired) electrons. The molecule has 0 aliphatic heterocycles. The van der Waals surface area contributed by atoms with Crippen LogP contribution >= 0.6 is 0 Å². The van der Waals surface area contributed by atoms with Crippen molar-refractivity contribution >= 4 is 12.0 Å². The Kier molecular flexibility index (Phi) is 7.02. The summed E-state index contributed by atoms with van der Waals surface area (Å²) in [5.41, 5.74) is 2.16. The van der Waals surface area contributed by atoms with E-state index in [2.05, 4.69) is 19.2 Å². The maximum absolute atomic E-state index is 11.7. The highest BCUT2D eigenvalue weighted by molar-refractivity contribution is 5.91. The fraction of sp³-hybridized carbons (Fsp3) is 0.471. The summed E-state index contributed by atoms with van der Waals surface area (Å²) < 4.78 is 0. The molecular weight excluding hydrogens is 250 g/mol. The Morgan fingerprint density at radius 3 is 2.55 bits per heavy atom. The van der Waals surface area contributed by atoms with E-state index in [9.17, 15) is 9.90 Å². The van der Waals surface area contributed by atoms with Crippen molar-refractivity contribution in [2.75, 3.05) is 6.54 Å². The standard InChI is InChI=1S/C17H25NO2/c1-4-14(5-2)16(19)12-18-17(20)11-10-15-9-7-6-8-13(15)3/h6-11,14,16,19H,4-5,12H2,1-3H3,(H,18,20)/b11-10+. The zero-order chi connectivity index (χ0) is 15.0. The molecule has 20 heavy (non-hydrogen) atoms. The minimum absolute atomic E-state index is 0.168. The van der Waals surface area contributed by atoms with Gasteiger partial charge in [0.05, 0.1) is 6.10 Å². The van der Waals surface area contributed by atoms with Crippen LogP contribution in [-0.2, 0) is 4.79 Å². The molecule has 0 bridgehead atoms. The molecule has 0 spiro atoms. The van der Waals surface area contributed by atoms with Crippen LogP contribution in [0.1, 0.15) is 37.8 Å². The first-order valence-electron chi connectivity index (χ1n) is 7.28. The van der Waals surface area contributed by atoms with Gasteiger partial charge in [0.1, 0.15) is 0 Å². The lowest BCUT2D eigenvalue weighted by atomic mass is 9.96. The number of hydrogen-bond donors (Lipinski definition) is 2. The number of aliphatic hydroxyl groups is 1. The van der Waals surface area contributed by atoms with Crippen molar-refractivity contribution in [3.05, 3.63) is 41.5 Å². The lowest BCUT2D eigenvalue weighted by Gasteiger charge is -2.19. The van der Waals surface area contributed by atoms with E-state index in [0.717, 1.165) is 24.0 Å². The van der Waals surface area contributed by atoms with Crippen molar-refractivity contribution in [3.63, 3.8) is 0 Å². The average molecular weight is 275 g/mol. The average Bonchev–Trinajstić information content (AvgIpc) is 2.45. The summed E-state index contributed by atoms with van der Waals surface area (Å²) in [6.07, 6.45) is 4.69. The summed E-state index contributed by atoms with van der Waals surface area (Å²) in [5.74, 6) is 0.0777. The molecule has 2 N–H and O–H groups in total. The highest BCUT2D eigenvalue weighted by atomic mass is 16.3. The second-order valence-electron chi connectivity index (χ2n) is 5.08. The summed E-state index contributed by atoms with van der Waals surface area (Å²) in [6.45, 7) is 6.42. The van der Waals surface area contributed by atoms with E-state index >= 15 is 0 Å². The molecule has 0 aliphatic rings. The molecule has 110 valence electrons. The maximum Gasteiger partial charge on any atom is 0.244 e. The fourth-order valence-electron chi connectivity index (χ4n) is 2.20. The molecule has 0 aromatic heterocycles. The SMILES string of the molecule is CCC(CC)C(O)CNC(=O)/C=C/c1ccccc1C. The lowest BCUT2D eigenvalue weighted by molar-refractivity contribution is -0.117. The normalized spacial score (nSPS) is 12.8. The molecule has 1 atom stereocenters. The number of rotatable bonds is 7. The zero-order valence-corrected chi connectivity index (χ0v) is 12.6. The summed E-state index contributed by atoms with van der Waals surface area (Å²) in [7, 11) is 0. The molecule has 1 aromatic rings. The van der Waals surface area contributed by atoms with Gasteiger partial charge in [0.15, 0.2) is 0 Å². The van der Waals surface area contributed by atoms with Gasteiger partial charge in [-0.25, -0.2) is 0 Å². The Bertz CT molecular complexity index is 450. The van der Waals surface area contributed by atoms with Crippen LogP contribution in [0.15, 0.2) is 30.3 Å². The van der Waals surface area contributed by atoms with Gasteiger partial charge in [-0.3, -0.25) is 4.79 Å². The Labute approximate surface area is 121 Å². The molecule has 1 amide bonds. The van der Waals surface area contributed by atoms with Gasteiger partial charge >= 0.3 is 0 Å². The molecule has 0 saturated carbocycles. The fourth-order valence-corrected chi connectivity index (χ4v) is 2.20. The number of benzene rings is 1. The monoisotopic (exact) mass is 275 g/mol. The summed E-state index contributed by atoms with van der Waals surface area (Å²) in [5, 5.41) is 12.7. The van der Waals surface area contributed by atoms with Crippen molar-refractivity contribution in [1.82, 2.24) is 5.32 Å². The van der Waals surface area contributed by atoms with Gasteiger partial charge in [0, 0.05) is 12.6 Å². The summed E-state index contributed by atoms with van der Waals surface area (Å²) >= 11 is 0. The Morgan fingerprint density at radius 1 is 1.30 bits per heavy atom. The molecule has 0 saturated heterocycles. The van der Waals surface area contributed by atoms with E-state index in [-0.39, 0.29) is 11.8 Å². The third-order valence-electron chi connectivity index (χ3n) is 3.68. The summed E-state index contributed by atoms with van der Waals surface area (Å²) in [6, 6.07) is 7.90. The molecule has 3 nitrogen and oxygen atoms in total. The van der Waals surface area contributed by atoms with Crippen LogP contribution in [0.2, 0.25) is 0 Å². The van der Waals surface area contributed by atoms with Gasteiger partial charge in [0.2, 0.25) is 5.91 Å². The van der Waals surface area contributed by atoms with Gasteiger partial charge in [-0.2, -0.15) is 0 Å². The van der Waals surface area contributed by atoms with Crippen LogP contribution in [0.25, 0.3) is 6.08 Å². The second-order valence-corrected chi connectivity index (χ2v) is 5.08. The predicted molar refractivity (Wildman–Crippen MR) is 83.3 cm³/mol. The molecule has 0 aliphatic carbocycles. The largest absolute Gasteiger partial charge is 0.391 e. The Hall–Kier alpha value is -1.61. The van der Waals surface area contributed by atoms with Gasteiger partial charge in [-0.05, 0) is 30.0 Å². The first kappa shape index (κ1) is 16.4. The molecule has 3 heteroatoms. The van der Waals surface area contributed by atoms with Crippen LogP contribution < -0.4 is 5.32 Å². The van der Waals surface area contributed by atoms with Crippen molar-refractivity contribution in [2.24, 2.45) is 5.92 Å². The van der Waals surface area contributed by atoms with Crippen LogP contribution in [0, 0.1) is 12.8 Å². The van der Waals surface area contributed by atoms with E-state index in [0.29, 0.717) is 6.54 Å². The number of hydrogen-bond acceptors (Lipinski definition) is 2. The Morgan fingerprint density at radius 2 is 1.95 bits per heavy atom. The smallest absolute Gasteiger partial charge is 0.244 e. The number of amides is 1. The quantitative estimate of drug-likeness (QED) is 0.752. The third-order valence-corrected chi connectivity index (χ3v) is 3.68. The lowest BCUT2D eigenvalue weighted by Crippen LogP contribution is -2.35. The van der Waals surface area contributed by atoms with Crippen LogP contribution in [0.5, 0.6) is 0 Å². The number of nitrogens with one attached hydrogen (secondary N) is 1. The molecule has 1 aromatic carbocycles. The van der Waals surface area contributed by atoms with E-state index in [4.69, 9.17) is 0 Å². The van der Waals surface area contributed by atoms with Crippen molar-refractivity contribution in [3.8, 4) is 0 Å². The first-order chi connectivity index (χ1) is 9.58. The van der Waals surface area contributed by atoms with Crippen LogP contribution in [0.3, 0.4) is 0 Å². The Balaban J connectivity index is 2.46. The highest BCUT2D eigenvalue weighted by Crippen LogP contribution is 2.12. The summed E-state index contributed by atoms with van der Waals surface area (Å²) in [4.78, 5) is 11.7. The number of aliphatic hydroxyl groups excluding tert-OH is 1. The number of aryl methyl sites for hydroxylation is 1. The minimum atomic E-state index is -0.471. The number of carbonyl (C=O) groups excluding carboxylic acids is 1. The molecule has 0 fully saturated rings. The van der Waals surface area contributed by atoms with Crippen molar-refractivity contribution in [2.45, 2.75) is 39.7 Å². The van der Waals surface area contributed by atoms with E-state index in [1.807, 2.05) is 31.2 Å². The highest BCUT2D eigenvalue weighted by Gasteiger charge is 2.15. The second kappa shape index (κ2) is 8.54. The van der Waals surface area contributed by atoms with Gasteiger partial charge in [-0.15, -0.1) is 0 Å². The van der Waals surface area contributed by atoms with Crippen LogP contribution in [0.4, 0.5) is 0 Å². The maximum atomic E-state index is 11.7. The topological polar surface area (TPSA) is 49.3 Å². The van der Waals surface area contributed by atoms with Gasteiger partial charge in [-0.1, -0.05) is 51.0 Å². The first-order valence-corrected chi connectivity index (χ1v) is 7.28.